The quantitative estimate of drug-likeness (QED) is 0.857. The molecule has 2 heterocycles. The molecule has 0 aromatic carbocycles. The molecule has 0 radical (unpaired) electrons. The molecule has 0 saturated heterocycles. The third-order valence-electron chi connectivity index (χ3n) is 2.73. The van der Waals surface area contributed by atoms with E-state index in [0.717, 1.165) is 28.7 Å². The smallest absolute Gasteiger partial charge is 0.328 e. The van der Waals surface area contributed by atoms with Crippen LogP contribution in [0.4, 0.5) is 5.82 Å². The highest BCUT2D eigenvalue weighted by Gasteiger charge is 2.08. The molecule has 20 heavy (non-hydrogen) atoms. The predicted molar refractivity (Wildman–Crippen MR) is 79.9 cm³/mol. The number of hydrogen-bond acceptors (Lipinski definition) is 5. The van der Waals surface area contributed by atoms with Gasteiger partial charge in [-0.25, -0.2) is 14.8 Å². The number of nitrogens with zero attached hydrogens (tertiary/aromatic N) is 3. The lowest BCUT2D eigenvalue weighted by Gasteiger charge is -2.19. The standard InChI is InChI=1S/C14H15N3O2S/c1-10-5-11(3-4-13(18)19)6-15-14(10)17(2)7-12-8-20-9-16-12/h3-6,8-9H,7H2,1-2H3,(H,18,19)/b4-3+. The van der Waals surface area contributed by atoms with Crippen molar-refractivity contribution in [3.05, 3.63) is 46.1 Å². The van der Waals surface area contributed by atoms with Crippen molar-refractivity contribution in [2.24, 2.45) is 0 Å². The third kappa shape index (κ3) is 3.64. The molecule has 0 aliphatic rings. The summed E-state index contributed by atoms with van der Waals surface area (Å²) >= 11 is 1.57. The third-order valence-corrected chi connectivity index (χ3v) is 3.37. The number of hydrogen-bond donors (Lipinski definition) is 1. The van der Waals surface area contributed by atoms with Crippen molar-refractivity contribution in [2.45, 2.75) is 13.5 Å². The van der Waals surface area contributed by atoms with E-state index >= 15 is 0 Å². The van der Waals surface area contributed by atoms with E-state index in [1.807, 2.05) is 35.8 Å². The zero-order valence-electron chi connectivity index (χ0n) is 11.3. The molecule has 6 heteroatoms. The summed E-state index contributed by atoms with van der Waals surface area (Å²) in [4.78, 5) is 21.2. The Bertz CT molecular complexity index is 623. The van der Waals surface area contributed by atoms with Crippen molar-refractivity contribution >= 4 is 29.2 Å². The van der Waals surface area contributed by atoms with Crippen LogP contribution in [-0.2, 0) is 11.3 Å². The van der Waals surface area contributed by atoms with E-state index in [9.17, 15) is 4.79 Å². The summed E-state index contributed by atoms with van der Waals surface area (Å²) in [5.74, 6) is -0.0992. The Morgan fingerprint density at radius 2 is 2.30 bits per heavy atom. The lowest BCUT2D eigenvalue weighted by Crippen LogP contribution is -2.19. The average Bonchev–Trinajstić information content (AvgIpc) is 2.89. The molecule has 0 amide bonds. The van der Waals surface area contributed by atoms with E-state index in [1.165, 1.54) is 6.08 Å². The molecular formula is C14H15N3O2S. The molecule has 1 N–H and O–H groups in total. The van der Waals surface area contributed by atoms with Crippen LogP contribution >= 0.6 is 11.3 Å². The highest BCUT2D eigenvalue weighted by molar-refractivity contribution is 7.07. The fourth-order valence-corrected chi connectivity index (χ4v) is 2.43. The van der Waals surface area contributed by atoms with Crippen LogP contribution in [0.15, 0.2) is 29.2 Å². The fraction of sp³-hybridized carbons (Fsp3) is 0.214. The molecule has 0 spiro atoms. The molecule has 2 rings (SSSR count). The predicted octanol–water partition coefficient (Wildman–Crippen LogP) is 2.58. The summed E-state index contributed by atoms with van der Waals surface area (Å²) in [6.07, 6.45) is 4.31. The van der Waals surface area contributed by atoms with Crippen molar-refractivity contribution in [1.29, 1.82) is 0 Å². The molecule has 104 valence electrons. The van der Waals surface area contributed by atoms with E-state index in [1.54, 1.807) is 17.5 Å². The summed E-state index contributed by atoms with van der Waals surface area (Å²) in [5.41, 5.74) is 4.59. The normalized spacial score (nSPS) is 10.9. The monoisotopic (exact) mass is 289 g/mol. The average molecular weight is 289 g/mol. The van der Waals surface area contributed by atoms with Crippen LogP contribution in [0, 0.1) is 6.92 Å². The number of carbonyl (C=O) groups is 1. The molecular weight excluding hydrogens is 274 g/mol. The lowest BCUT2D eigenvalue weighted by atomic mass is 10.2. The van der Waals surface area contributed by atoms with Gasteiger partial charge in [0.25, 0.3) is 0 Å². The number of anilines is 1. The summed E-state index contributed by atoms with van der Waals surface area (Å²) < 4.78 is 0. The van der Waals surface area contributed by atoms with E-state index < -0.39 is 5.97 Å². The van der Waals surface area contributed by atoms with Crippen molar-refractivity contribution < 1.29 is 9.90 Å². The van der Waals surface area contributed by atoms with Gasteiger partial charge in [-0.15, -0.1) is 11.3 Å². The number of rotatable bonds is 5. The number of thiazole rings is 1. The largest absolute Gasteiger partial charge is 0.478 e. The number of pyridine rings is 1. The van der Waals surface area contributed by atoms with Crippen molar-refractivity contribution in [1.82, 2.24) is 9.97 Å². The summed E-state index contributed by atoms with van der Waals surface area (Å²) in [6, 6.07) is 1.92. The second-order valence-corrected chi connectivity index (χ2v) is 5.14. The Morgan fingerprint density at radius 3 is 2.90 bits per heavy atom. The highest BCUT2D eigenvalue weighted by atomic mass is 32.1. The van der Waals surface area contributed by atoms with E-state index in [0.29, 0.717) is 6.54 Å². The molecule has 0 aliphatic carbocycles. The second-order valence-electron chi connectivity index (χ2n) is 4.42. The maximum atomic E-state index is 10.5. The molecule has 0 saturated carbocycles. The summed E-state index contributed by atoms with van der Waals surface area (Å²) in [6.45, 7) is 2.65. The number of carboxylic acids is 1. The van der Waals surface area contributed by atoms with Crippen molar-refractivity contribution in [3.63, 3.8) is 0 Å². The van der Waals surface area contributed by atoms with E-state index in [-0.39, 0.29) is 0 Å². The van der Waals surface area contributed by atoms with Gasteiger partial charge in [0.2, 0.25) is 0 Å². The van der Waals surface area contributed by atoms with Gasteiger partial charge < -0.3 is 10.0 Å². The van der Waals surface area contributed by atoms with Gasteiger partial charge in [-0.1, -0.05) is 0 Å². The molecule has 0 aliphatic heterocycles. The first-order valence-electron chi connectivity index (χ1n) is 6.02. The first-order valence-corrected chi connectivity index (χ1v) is 6.96. The Labute approximate surface area is 121 Å². The van der Waals surface area contributed by atoms with Gasteiger partial charge in [0.1, 0.15) is 5.82 Å². The maximum absolute atomic E-state index is 10.5. The molecule has 2 aromatic heterocycles. The number of aliphatic carboxylic acids is 1. The van der Waals surface area contributed by atoms with Crippen LogP contribution in [0.3, 0.4) is 0 Å². The Kier molecular flexibility index (Phi) is 4.47. The summed E-state index contributed by atoms with van der Waals surface area (Å²) in [7, 11) is 1.96. The highest BCUT2D eigenvalue weighted by Crippen LogP contribution is 2.19. The maximum Gasteiger partial charge on any atom is 0.328 e. The fourth-order valence-electron chi connectivity index (χ4n) is 1.88. The van der Waals surface area contributed by atoms with Gasteiger partial charge in [0, 0.05) is 24.7 Å². The summed E-state index contributed by atoms with van der Waals surface area (Å²) in [5, 5.41) is 10.6. The molecule has 0 bridgehead atoms. The molecule has 0 atom stereocenters. The van der Waals surface area contributed by atoms with Crippen molar-refractivity contribution in [2.75, 3.05) is 11.9 Å². The zero-order chi connectivity index (χ0) is 14.5. The molecule has 0 unspecified atom stereocenters. The van der Waals surface area contributed by atoms with Crippen LogP contribution < -0.4 is 4.90 Å². The van der Waals surface area contributed by atoms with Gasteiger partial charge >= 0.3 is 5.97 Å². The lowest BCUT2D eigenvalue weighted by molar-refractivity contribution is -0.131. The van der Waals surface area contributed by atoms with Gasteiger partial charge in [-0.2, -0.15) is 0 Å². The molecule has 5 nitrogen and oxygen atoms in total. The molecule has 0 fully saturated rings. The van der Waals surface area contributed by atoms with Crippen LogP contribution in [0.1, 0.15) is 16.8 Å². The van der Waals surface area contributed by atoms with Gasteiger partial charge in [0.15, 0.2) is 0 Å². The van der Waals surface area contributed by atoms with Gasteiger partial charge in [-0.3, -0.25) is 0 Å². The minimum Gasteiger partial charge on any atom is -0.478 e. The minimum atomic E-state index is -0.965. The van der Waals surface area contributed by atoms with Crippen LogP contribution in [-0.4, -0.2) is 28.1 Å². The van der Waals surface area contributed by atoms with Gasteiger partial charge in [0.05, 0.1) is 17.7 Å². The van der Waals surface area contributed by atoms with Crippen LogP contribution in [0.5, 0.6) is 0 Å². The number of aromatic nitrogens is 2. The van der Waals surface area contributed by atoms with Crippen LogP contribution in [0.2, 0.25) is 0 Å². The van der Waals surface area contributed by atoms with Crippen molar-refractivity contribution in [3.8, 4) is 0 Å². The Morgan fingerprint density at radius 1 is 1.50 bits per heavy atom. The zero-order valence-corrected chi connectivity index (χ0v) is 12.1. The first kappa shape index (κ1) is 14.2. The van der Waals surface area contributed by atoms with E-state index in [2.05, 4.69) is 9.97 Å². The molecule has 2 aromatic rings. The minimum absolute atomic E-state index is 0.696. The van der Waals surface area contributed by atoms with E-state index in [4.69, 9.17) is 5.11 Å². The Balaban J connectivity index is 2.14. The van der Waals surface area contributed by atoms with Gasteiger partial charge in [-0.05, 0) is 30.2 Å². The first-order chi connectivity index (χ1) is 9.56. The second kappa shape index (κ2) is 6.29. The van der Waals surface area contributed by atoms with Crippen LogP contribution in [0.25, 0.3) is 6.08 Å². The number of carboxylic acid groups (broad SMARTS) is 1. The SMILES string of the molecule is Cc1cc(/C=C/C(=O)O)cnc1N(C)Cc1cscn1. The Hall–Kier alpha value is -2.21. The number of aryl methyl sites for hydroxylation is 1. The topological polar surface area (TPSA) is 66.3 Å².